The van der Waals surface area contributed by atoms with Gasteiger partial charge < -0.3 is 20.6 Å². The van der Waals surface area contributed by atoms with Crippen molar-refractivity contribution in [3.63, 3.8) is 0 Å². The van der Waals surface area contributed by atoms with Gasteiger partial charge in [-0.2, -0.15) is 0 Å². The van der Waals surface area contributed by atoms with Crippen molar-refractivity contribution < 1.29 is 14.3 Å². The number of amides is 1. The number of aliphatic hydroxyl groups is 1. The average Bonchev–Trinajstić information content (AvgIpc) is 2.94. The molecule has 0 fully saturated rings. The van der Waals surface area contributed by atoms with Crippen LogP contribution in [0.4, 0.5) is 0 Å². The molecule has 7 heteroatoms. The molecule has 2 aromatic rings. The molecule has 0 bridgehead atoms. The predicted molar refractivity (Wildman–Crippen MR) is 70.5 cm³/mol. The molecule has 2 heterocycles. The molecule has 4 N–H and O–H groups in total. The van der Waals surface area contributed by atoms with E-state index in [1.54, 1.807) is 18.3 Å². The van der Waals surface area contributed by atoms with Crippen LogP contribution in [0.3, 0.4) is 0 Å². The zero-order valence-electron chi connectivity index (χ0n) is 11.0. The molecule has 2 atom stereocenters. The van der Waals surface area contributed by atoms with E-state index in [1.165, 1.54) is 13.2 Å². The zero-order valence-corrected chi connectivity index (χ0v) is 11.0. The number of aromatic nitrogens is 2. The molecule has 2 unspecified atom stereocenters. The van der Waals surface area contributed by atoms with Crippen molar-refractivity contribution in [2.24, 2.45) is 5.73 Å². The molecule has 20 heavy (non-hydrogen) atoms. The van der Waals surface area contributed by atoms with Gasteiger partial charge in [0.25, 0.3) is 5.91 Å². The number of carbonyl (C=O) groups is 1. The second-order valence-corrected chi connectivity index (χ2v) is 4.34. The number of rotatable bonds is 5. The number of nitrogens with one attached hydrogen (secondary N) is 1. The van der Waals surface area contributed by atoms with Crippen LogP contribution in [0.25, 0.3) is 0 Å². The van der Waals surface area contributed by atoms with Gasteiger partial charge in [0.1, 0.15) is 12.3 Å². The molecule has 0 aliphatic rings. The lowest BCUT2D eigenvalue weighted by Gasteiger charge is -2.09. The highest BCUT2D eigenvalue weighted by atomic mass is 16.3. The van der Waals surface area contributed by atoms with Crippen molar-refractivity contribution in [3.8, 4) is 0 Å². The van der Waals surface area contributed by atoms with Gasteiger partial charge in [0.15, 0.2) is 5.69 Å². The second-order valence-electron chi connectivity index (χ2n) is 4.34. The maximum absolute atomic E-state index is 11.9. The highest BCUT2D eigenvalue weighted by Crippen LogP contribution is 2.13. The van der Waals surface area contributed by atoms with Crippen LogP contribution >= 0.6 is 0 Å². The minimum Gasteiger partial charge on any atom is -0.446 e. The summed E-state index contributed by atoms with van der Waals surface area (Å²) in [5.41, 5.74) is 6.53. The molecule has 106 valence electrons. The first-order chi connectivity index (χ1) is 9.58. The number of nitrogens with zero attached hydrogens (tertiary/aromatic N) is 2. The summed E-state index contributed by atoms with van der Waals surface area (Å²) in [5.74, 6) is -0.258. The van der Waals surface area contributed by atoms with E-state index in [-0.39, 0.29) is 17.5 Å². The van der Waals surface area contributed by atoms with Gasteiger partial charge in [-0.25, -0.2) is 4.98 Å². The number of carbonyl (C=O) groups excluding carboxylic acids is 1. The van der Waals surface area contributed by atoms with Gasteiger partial charge in [0.2, 0.25) is 5.89 Å². The highest BCUT2D eigenvalue weighted by Gasteiger charge is 2.20. The minimum absolute atomic E-state index is 0.118. The molecule has 0 aliphatic carbocycles. The number of nitrogens with two attached hydrogens (primary N) is 1. The summed E-state index contributed by atoms with van der Waals surface area (Å²) in [7, 11) is 0. The lowest BCUT2D eigenvalue weighted by Crippen LogP contribution is -2.25. The van der Waals surface area contributed by atoms with Crippen LogP contribution in [0.15, 0.2) is 35.1 Å². The Labute approximate surface area is 115 Å². The SMILES string of the molecule is CC(O)C(N)c1nc(C(=O)NCc2ccccn2)co1. The van der Waals surface area contributed by atoms with Crippen LogP contribution in [-0.2, 0) is 6.54 Å². The third kappa shape index (κ3) is 3.40. The number of hydrogen-bond acceptors (Lipinski definition) is 6. The van der Waals surface area contributed by atoms with Crippen LogP contribution in [-0.4, -0.2) is 27.1 Å². The average molecular weight is 276 g/mol. The van der Waals surface area contributed by atoms with Crippen molar-refractivity contribution in [1.29, 1.82) is 0 Å². The fraction of sp³-hybridized carbons (Fsp3) is 0.308. The molecule has 0 saturated carbocycles. The quantitative estimate of drug-likeness (QED) is 0.727. The van der Waals surface area contributed by atoms with Gasteiger partial charge in [0, 0.05) is 6.20 Å². The normalized spacial score (nSPS) is 13.8. The first-order valence-electron chi connectivity index (χ1n) is 6.15. The van der Waals surface area contributed by atoms with Gasteiger partial charge in [-0.05, 0) is 19.1 Å². The van der Waals surface area contributed by atoms with Crippen molar-refractivity contribution in [3.05, 3.63) is 47.9 Å². The molecule has 0 spiro atoms. The molecule has 0 aliphatic heterocycles. The summed E-state index contributed by atoms with van der Waals surface area (Å²) in [6.07, 6.45) is 2.06. The van der Waals surface area contributed by atoms with E-state index in [2.05, 4.69) is 15.3 Å². The molecule has 2 aromatic heterocycles. The number of oxazole rings is 1. The lowest BCUT2D eigenvalue weighted by molar-refractivity contribution is 0.0945. The van der Waals surface area contributed by atoms with E-state index in [1.807, 2.05) is 6.07 Å². The molecule has 0 radical (unpaired) electrons. The van der Waals surface area contributed by atoms with Gasteiger partial charge >= 0.3 is 0 Å². The Morgan fingerprint density at radius 3 is 3.00 bits per heavy atom. The van der Waals surface area contributed by atoms with E-state index < -0.39 is 12.1 Å². The van der Waals surface area contributed by atoms with Gasteiger partial charge in [-0.3, -0.25) is 9.78 Å². The zero-order chi connectivity index (χ0) is 14.5. The molecular formula is C13H16N4O3. The summed E-state index contributed by atoms with van der Waals surface area (Å²) in [4.78, 5) is 19.9. The summed E-state index contributed by atoms with van der Waals surface area (Å²) < 4.78 is 5.09. The predicted octanol–water partition coefficient (Wildman–Crippen LogP) is 0.380. The minimum atomic E-state index is -0.807. The fourth-order valence-corrected chi connectivity index (χ4v) is 1.52. The van der Waals surface area contributed by atoms with E-state index in [4.69, 9.17) is 10.2 Å². The molecule has 7 nitrogen and oxygen atoms in total. The largest absolute Gasteiger partial charge is 0.446 e. The summed E-state index contributed by atoms with van der Waals surface area (Å²) >= 11 is 0. The van der Waals surface area contributed by atoms with Crippen LogP contribution in [0.2, 0.25) is 0 Å². The van der Waals surface area contributed by atoms with Crippen LogP contribution in [0.1, 0.15) is 35.0 Å². The fourth-order valence-electron chi connectivity index (χ4n) is 1.52. The third-order valence-electron chi connectivity index (χ3n) is 2.72. The molecule has 1 amide bonds. The number of aliphatic hydroxyl groups excluding tert-OH is 1. The smallest absolute Gasteiger partial charge is 0.273 e. The number of pyridine rings is 1. The van der Waals surface area contributed by atoms with Crippen LogP contribution < -0.4 is 11.1 Å². The highest BCUT2D eigenvalue weighted by molar-refractivity contribution is 5.91. The van der Waals surface area contributed by atoms with Crippen molar-refractivity contribution in [2.75, 3.05) is 0 Å². The standard InChI is InChI=1S/C13H16N4O3/c1-8(18)11(14)13-17-10(7-20-13)12(19)16-6-9-4-2-3-5-15-9/h2-5,7-8,11,18H,6,14H2,1H3,(H,16,19). The van der Waals surface area contributed by atoms with Crippen molar-refractivity contribution in [2.45, 2.75) is 25.6 Å². The van der Waals surface area contributed by atoms with E-state index in [0.29, 0.717) is 6.54 Å². The maximum Gasteiger partial charge on any atom is 0.273 e. The van der Waals surface area contributed by atoms with Crippen LogP contribution in [0, 0.1) is 0 Å². The Bertz CT molecular complexity index is 568. The first-order valence-corrected chi connectivity index (χ1v) is 6.15. The first kappa shape index (κ1) is 14.2. The molecular weight excluding hydrogens is 260 g/mol. The lowest BCUT2D eigenvalue weighted by atomic mass is 10.2. The van der Waals surface area contributed by atoms with Crippen LogP contribution in [0.5, 0.6) is 0 Å². The summed E-state index contributed by atoms with van der Waals surface area (Å²) in [6, 6.07) is 4.68. The van der Waals surface area contributed by atoms with E-state index in [0.717, 1.165) is 5.69 Å². The monoisotopic (exact) mass is 276 g/mol. The van der Waals surface area contributed by atoms with Crippen molar-refractivity contribution >= 4 is 5.91 Å². The Morgan fingerprint density at radius 1 is 1.55 bits per heavy atom. The Balaban J connectivity index is 1.96. The van der Waals surface area contributed by atoms with Gasteiger partial charge in [-0.1, -0.05) is 6.07 Å². The van der Waals surface area contributed by atoms with Gasteiger partial charge in [-0.15, -0.1) is 0 Å². The van der Waals surface area contributed by atoms with Crippen molar-refractivity contribution in [1.82, 2.24) is 15.3 Å². The van der Waals surface area contributed by atoms with E-state index in [9.17, 15) is 9.90 Å². The topological polar surface area (TPSA) is 114 Å². The second kappa shape index (κ2) is 6.27. The Kier molecular flexibility index (Phi) is 4.44. The Hall–Kier alpha value is -2.25. The molecule has 0 saturated heterocycles. The van der Waals surface area contributed by atoms with E-state index >= 15 is 0 Å². The van der Waals surface area contributed by atoms with Gasteiger partial charge in [0.05, 0.1) is 18.3 Å². The Morgan fingerprint density at radius 2 is 2.35 bits per heavy atom. The molecule has 0 aromatic carbocycles. The molecule has 2 rings (SSSR count). The third-order valence-corrected chi connectivity index (χ3v) is 2.72. The number of hydrogen-bond donors (Lipinski definition) is 3. The maximum atomic E-state index is 11.9. The summed E-state index contributed by atoms with van der Waals surface area (Å²) in [5, 5.41) is 12.0. The summed E-state index contributed by atoms with van der Waals surface area (Å²) in [6.45, 7) is 1.82.